The first-order valence-corrected chi connectivity index (χ1v) is 7.55. The third-order valence-electron chi connectivity index (χ3n) is 3.82. The van der Waals surface area contributed by atoms with Crippen molar-refractivity contribution in [2.45, 2.75) is 58.5 Å². The van der Waals surface area contributed by atoms with Gasteiger partial charge in [0.05, 0.1) is 0 Å². The van der Waals surface area contributed by atoms with Crippen molar-refractivity contribution in [2.24, 2.45) is 0 Å². The van der Waals surface area contributed by atoms with Gasteiger partial charge in [-0.2, -0.15) is 0 Å². The van der Waals surface area contributed by atoms with Crippen LogP contribution in [-0.2, 0) is 10.2 Å². The van der Waals surface area contributed by atoms with Crippen LogP contribution in [0.3, 0.4) is 0 Å². The molecule has 0 aliphatic rings. The monoisotopic (exact) mass is 292 g/mol. The Morgan fingerprint density at radius 1 is 1.24 bits per heavy atom. The summed E-state index contributed by atoms with van der Waals surface area (Å²) in [6.45, 7) is 10.4. The van der Waals surface area contributed by atoms with E-state index in [9.17, 15) is 4.79 Å². The van der Waals surface area contributed by atoms with Crippen molar-refractivity contribution in [3.8, 4) is 0 Å². The Labute approximate surface area is 128 Å². The average molecular weight is 292 g/mol. The smallest absolute Gasteiger partial charge is 0.407 e. The number of alkyl carbamates (subject to hydrolysis) is 1. The van der Waals surface area contributed by atoms with E-state index in [0.717, 1.165) is 24.1 Å². The molecule has 1 aromatic rings. The third-order valence-corrected chi connectivity index (χ3v) is 3.82. The SMILES string of the molecule is CCC(CC)(CNC(=O)OC(C)(C)C)c1cccc(N)c1. The van der Waals surface area contributed by atoms with Crippen molar-refractivity contribution < 1.29 is 9.53 Å². The summed E-state index contributed by atoms with van der Waals surface area (Å²) in [5.41, 5.74) is 7.19. The summed E-state index contributed by atoms with van der Waals surface area (Å²) in [6, 6.07) is 7.89. The zero-order valence-corrected chi connectivity index (χ0v) is 13.8. The summed E-state index contributed by atoms with van der Waals surface area (Å²) in [5.74, 6) is 0. The van der Waals surface area contributed by atoms with Crippen molar-refractivity contribution in [1.82, 2.24) is 5.32 Å². The van der Waals surface area contributed by atoms with Gasteiger partial charge in [-0.3, -0.25) is 0 Å². The normalized spacial score (nSPS) is 12.0. The summed E-state index contributed by atoms with van der Waals surface area (Å²) >= 11 is 0. The number of benzene rings is 1. The fourth-order valence-electron chi connectivity index (χ4n) is 2.43. The summed E-state index contributed by atoms with van der Waals surface area (Å²) in [6.07, 6.45) is 1.46. The molecule has 1 rings (SSSR count). The van der Waals surface area contributed by atoms with Crippen LogP contribution in [0.5, 0.6) is 0 Å². The molecular formula is C17H28N2O2. The lowest BCUT2D eigenvalue weighted by atomic mass is 9.75. The summed E-state index contributed by atoms with van der Waals surface area (Å²) in [4.78, 5) is 11.9. The van der Waals surface area contributed by atoms with Crippen molar-refractivity contribution >= 4 is 11.8 Å². The summed E-state index contributed by atoms with van der Waals surface area (Å²) in [5, 5.41) is 2.90. The molecule has 0 aliphatic carbocycles. The topological polar surface area (TPSA) is 64.3 Å². The minimum Gasteiger partial charge on any atom is -0.444 e. The highest BCUT2D eigenvalue weighted by Gasteiger charge is 2.30. The van der Waals surface area contributed by atoms with E-state index in [-0.39, 0.29) is 11.5 Å². The predicted molar refractivity (Wildman–Crippen MR) is 87.4 cm³/mol. The minimum atomic E-state index is -0.484. The number of amides is 1. The molecule has 0 atom stereocenters. The number of anilines is 1. The predicted octanol–water partition coefficient (Wildman–Crippen LogP) is 3.85. The summed E-state index contributed by atoms with van der Waals surface area (Å²) < 4.78 is 5.31. The zero-order chi connectivity index (χ0) is 16.1. The Kier molecular flexibility index (Phi) is 5.64. The largest absolute Gasteiger partial charge is 0.444 e. The van der Waals surface area contributed by atoms with Gasteiger partial charge < -0.3 is 15.8 Å². The molecule has 0 bridgehead atoms. The second kappa shape index (κ2) is 6.83. The number of hydrogen-bond donors (Lipinski definition) is 2. The molecule has 118 valence electrons. The van der Waals surface area contributed by atoms with Gasteiger partial charge in [0.2, 0.25) is 0 Å². The van der Waals surface area contributed by atoms with Crippen LogP contribution < -0.4 is 11.1 Å². The maximum absolute atomic E-state index is 11.9. The van der Waals surface area contributed by atoms with Gasteiger partial charge in [-0.05, 0) is 51.3 Å². The number of rotatable bonds is 5. The van der Waals surface area contributed by atoms with Gasteiger partial charge in [0.1, 0.15) is 5.60 Å². The van der Waals surface area contributed by atoms with E-state index in [1.165, 1.54) is 0 Å². The molecule has 3 N–H and O–H groups in total. The van der Waals surface area contributed by atoms with E-state index in [4.69, 9.17) is 10.5 Å². The van der Waals surface area contributed by atoms with Gasteiger partial charge in [-0.15, -0.1) is 0 Å². The van der Waals surface area contributed by atoms with Gasteiger partial charge in [-0.1, -0.05) is 26.0 Å². The molecule has 0 saturated carbocycles. The number of hydrogen-bond acceptors (Lipinski definition) is 3. The van der Waals surface area contributed by atoms with Gasteiger partial charge in [0, 0.05) is 17.6 Å². The van der Waals surface area contributed by atoms with Crippen LogP contribution in [0.15, 0.2) is 24.3 Å². The van der Waals surface area contributed by atoms with E-state index >= 15 is 0 Å². The molecular weight excluding hydrogens is 264 g/mol. The second-order valence-electron chi connectivity index (χ2n) is 6.47. The van der Waals surface area contributed by atoms with E-state index in [1.807, 2.05) is 39.0 Å². The fraction of sp³-hybridized carbons (Fsp3) is 0.588. The highest BCUT2D eigenvalue weighted by atomic mass is 16.6. The maximum atomic E-state index is 11.9. The first kappa shape index (κ1) is 17.3. The molecule has 0 spiro atoms. The molecule has 4 nitrogen and oxygen atoms in total. The van der Waals surface area contributed by atoms with Crippen LogP contribution in [0.4, 0.5) is 10.5 Å². The van der Waals surface area contributed by atoms with Crippen LogP contribution in [0.2, 0.25) is 0 Å². The molecule has 0 unspecified atom stereocenters. The highest BCUT2D eigenvalue weighted by Crippen LogP contribution is 2.32. The Bertz CT molecular complexity index is 474. The van der Waals surface area contributed by atoms with Crippen molar-refractivity contribution in [3.05, 3.63) is 29.8 Å². The van der Waals surface area contributed by atoms with Gasteiger partial charge in [0.25, 0.3) is 0 Å². The van der Waals surface area contributed by atoms with E-state index < -0.39 is 5.60 Å². The van der Waals surface area contributed by atoms with E-state index in [1.54, 1.807) is 0 Å². The summed E-state index contributed by atoms with van der Waals surface area (Å²) in [7, 11) is 0. The van der Waals surface area contributed by atoms with Gasteiger partial charge in [-0.25, -0.2) is 4.79 Å². The van der Waals surface area contributed by atoms with Gasteiger partial charge in [0.15, 0.2) is 0 Å². The van der Waals surface area contributed by atoms with Crippen LogP contribution in [-0.4, -0.2) is 18.2 Å². The molecule has 4 heteroatoms. The molecule has 21 heavy (non-hydrogen) atoms. The zero-order valence-electron chi connectivity index (χ0n) is 13.8. The molecule has 0 aromatic heterocycles. The molecule has 0 fully saturated rings. The maximum Gasteiger partial charge on any atom is 0.407 e. The Morgan fingerprint density at radius 2 is 1.86 bits per heavy atom. The van der Waals surface area contributed by atoms with Crippen LogP contribution in [0, 0.1) is 0 Å². The standard InChI is InChI=1S/C17H28N2O2/c1-6-17(7-2,13-9-8-10-14(18)11-13)12-19-15(20)21-16(3,4)5/h8-11H,6-7,12,18H2,1-5H3,(H,19,20). The fourth-order valence-corrected chi connectivity index (χ4v) is 2.43. The van der Waals surface area contributed by atoms with E-state index in [2.05, 4.69) is 25.2 Å². The molecule has 0 saturated heterocycles. The quantitative estimate of drug-likeness (QED) is 0.810. The van der Waals surface area contributed by atoms with Crippen molar-refractivity contribution in [2.75, 3.05) is 12.3 Å². The van der Waals surface area contributed by atoms with Crippen LogP contribution in [0.1, 0.15) is 53.0 Å². The number of nitrogen functional groups attached to an aromatic ring is 1. The van der Waals surface area contributed by atoms with Crippen LogP contribution in [0.25, 0.3) is 0 Å². The lowest BCUT2D eigenvalue weighted by Crippen LogP contribution is -2.42. The molecule has 0 aliphatic heterocycles. The lowest BCUT2D eigenvalue weighted by molar-refractivity contribution is 0.0512. The number of carbonyl (C=O) groups is 1. The molecule has 0 heterocycles. The number of nitrogens with one attached hydrogen (secondary N) is 1. The highest BCUT2D eigenvalue weighted by molar-refractivity contribution is 5.67. The molecule has 1 amide bonds. The average Bonchev–Trinajstić information content (AvgIpc) is 2.38. The molecule has 1 aromatic carbocycles. The minimum absolute atomic E-state index is 0.119. The van der Waals surface area contributed by atoms with Crippen molar-refractivity contribution in [1.29, 1.82) is 0 Å². The van der Waals surface area contributed by atoms with Crippen molar-refractivity contribution in [3.63, 3.8) is 0 Å². The number of ether oxygens (including phenoxy) is 1. The Morgan fingerprint density at radius 3 is 2.33 bits per heavy atom. The Hall–Kier alpha value is -1.71. The van der Waals surface area contributed by atoms with E-state index in [0.29, 0.717) is 6.54 Å². The first-order valence-electron chi connectivity index (χ1n) is 7.55. The Balaban J connectivity index is 2.85. The third kappa shape index (κ3) is 4.96. The lowest BCUT2D eigenvalue weighted by Gasteiger charge is -2.33. The second-order valence-corrected chi connectivity index (χ2v) is 6.47. The first-order chi connectivity index (χ1) is 9.72. The van der Waals surface area contributed by atoms with Crippen LogP contribution >= 0.6 is 0 Å². The number of nitrogens with two attached hydrogens (primary N) is 1. The van der Waals surface area contributed by atoms with Gasteiger partial charge >= 0.3 is 6.09 Å². The molecule has 0 radical (unpaired) electrons. The number of carbonyl (C=O) groups excluding carboxylic acids is 1.